The summed E-state index contributed by atoms with van der Waals surface area (Å²) in [5, 5.41) is 0. The third-order valence-electron chi connectivity index (χ3n) is 2.85. The topological polar surface area (TPSA) is 77.8 Å². The Morgan fingerprint density at radius 1 is 1.24 bits per heavy atom. The monoisotopic (exact) mass is 288 g/mol. The number of ether oxygens (including phenoxy) is 2. The van der Waals surface area contributed by atoms with Gasteiger partial charge in [0.05, 0.1) is 5.56 Å². The van der Waals surface area contributed by atoms with Crippen molar-refractivity contribution in [3.8, 4) is 5.88 Å². The van der Waals surface area contributed by atoms with E-state index in [9.17, 15) is 9.59 Å². The van der Waals surface area contributed by atoms with Crippen molar-refractivity contribution >= 4 is 17.6 Å². The van der Waals surface area contributed by atoms with Crippen molar-refractivity contribution in [2.24, 2.45) is 4.99 Å². The Labute approximate surface area is 122 Å². The number of amides is 1. The highest BCUT2D eigenvalue weighted by Gasteiger charge is 2.32. The van der Waals surface area contributed by atoms with Gasteiger partial charge in [0.25, 0.3) is 0 Å². The van der Waals surface area contributed by atoms with Gasteiger partial charge in [-0.1, -0.05) is 0 Å². The van der Waals surface area contributed by atoms with Crippen molar-refractivity contribution in [1.82, 2.24) is 4.98 Å². The van der Waals surface area contributed by atoms with Gasteiger partial charge in [-0.25, -0.2) is 9.98 Å². The molecule has 0 aliphatic carbocycles. The predicted octanol–water partition coefficient (Wildman–Crippen LogP) is 2.22. The molecule has 1 aliphatic heterocycles. The number of nitrogens with zero attached hydrogens (tertiary/aromatic N) is 2. The molecule has 1 amide bonds. The Kier molecular flexibility index (Phi) is 3.88. The Hall–Kier alpha value is -2.50. The van der Waals surface area contributed by atoms with E-state index in [1.807, 2.05) is 19.9 Å². The van der Waals surface area contributed by atoms with Crippen LogP contribution in [0.15, 0.2) is 22.6 Å². The Balaban J connectivity index is 2.65. The number of aryl methyl sites for hydroxylation is 2. The normalized spacial score (nSPS) is 17.3. The number of allylic oxidation sites excluding steroid dienone is 2. The summed E-state index contributed by atoms with van der Waals surface area (Å²) in [6.07, 6.45) is 0. The maximum absolute atomic E-state index is 11.4. The Morgan fingerprint density at radius 2 is 1.90 bits per heavy atom. The molecule has 1 aromatic rings. The highest BCUT2D eigenvalue weighted by atomic mass is 16.6. The summed E-state index contributed by atoms with van der Waals surface area (Å²) in [6.45, 7) is 7.96. The number of hydrogen-bond acceptors (Lipinski definition) is 5. The van der Waals surface area contributed by atoms with Crippen LogP contribution in [0.2, 0.25) is 0 Å². The quantitative estimate of drug-likeness (QED) is 0.585. The van der Waals surface area contributed by atoms with Crippen LogP contribution in [0.5, 0.6) is 5.88 Å². The average molecular weight is 288 g/mol. The molecule has 2 rings (SSSR count). The fourth-order valence-electron chi connectivity index (χ4n) is 2.19. The minimum Gasteiger partial charge on any atom is -0.432 e. The van der Waals surface area contributed by atoms with E-state index in [1.54, 1.807) is 6.92 Å². The predicted molar refractivity (Wildman–Crippen MR) is 76.0 cm³/mol. The summed E-state index contributed by atoms with van der Waals surface area (Å²) in [5.74, 6) is 0.0281. The third kappa shape index (κ3) is 2.99. The lowest BCUT2D eigenvalue weighted by molar-refractivity contribution is -0.137. The molecule has 0 fully saturated rings. The van der Waals surface area contributed by atoms with Crippen LogP contribution in [-0.2, 0) is 14.3 Å². The number of carbonyl (C=O) groups is 2. The summed E-state index contributed by atoms with van der Waals surface area (Å²) >= 11 is 0. The van der Waals surface area contributed by atoms with Gasteiger partial charge < -0.3 is 9.47 Å². The van der Waals surface area contributed by atoms with E-state index in [2.05, 4.69) is 9.98 Å². The van der Waals surface area contributed by atoms with Gasteiger partial charge in [0.15, 0.2) is 5.76 Å². The number of rotatable bonds is 1. The molecule has 0 radical (unpaired) electrons. The molecule has 6 heteroatoms. The van der Waals surface area contributed by atoms with E-state index in [0.717, 1.165) is 11.3 Å². The minimum atomic E-state index is -0.470. The number of aromatic nitrogens is 1. The zero-order valence-electron chi connectivity index (χ0n) is 12.6. The molecular weight excluding hydrogens is 272 g/mol. The van der Waals surface area contributed by atoms with Gasteiger partial charge in [0.2, 0.25) is 11.8 Å². The van der Waals surface area contributed by atoms with Gasteiger partial charge in [-0.2, -0.15) is 0 Å². The number of pyridine rings is 1. The first-order chi connectivity index (χ1) is 9.79. The molecule has 6 nitrogen and oxygen atoms in total. The van der Waals surface area contributed by atoms with E-state index >= 15 is 0 Å². The Morgan fingerprint density at radius 3 is 2.48 bits per heavy atom. The largest absolute Gasteiger partial charge is 0.432 e. The van der Waals surface area contributed by atoms with Gasteiger partial charge in [-0.3, -0.25) is 9.59 Å². The lowest BCUT2D eigenvalue weighted by atomic mass is 10.1. The van der Waals surface area contributed by atoms with Crippen LogP contribution in [0, 0.1) is 13.8 Å². The van der Waals surface area contributed by atoms with Crippen molar-refractivity contribution in [3.63, 3.8) is 0 Å². The van der Waals surface area contributed by atoms with Gasteiger partial charge in [-0.15, -0.1) is 0 Å². The average Bonchev–Trinajstić information content (AvgIpc) is 2.66. The van der Waals surface area contributed by atoms with Gasteiger partial charge in [0, 0.05) is 19.5 Å². The van der Waals surface area contributed by atoms with E-state index in [0.29, 0.717) is 17.2 Å². The van der Waals surface area contributed by atoms with Crippen LogP contribution in [0.1, 0.15) is 37.6 Å². The van der Waals surface area contributed by atoms with Crippen LogP contribution in [0.4, 0.5) is 0 Å². The van der Waals surface area contributed by atoms with Crippen LogP contribution >= 0.6 is 0 Å². The fourth-order valence-corrected chi connectivity index (χ4v) is 2.19. The molecule has 0 bridgehead atoms. The smallest absolute Gasteiger partial charge is 0.307 e. The van der Waals surface area contributed by atoms with Gasteiger partial charge in [-0.05, 0) is 32.4 Å². The second-order valence-electron chi connectivity index (χ2n) is 4.82. The van der Waals surface area contributed by atoms with Crippen molar-refractivity contribution in [3.05, 3.63) is 34.4 Å². The summed E-state index contributed by atoms with van der Waals surface area (Å²) in [5.41, 5.74) is 2.68. The lowest BCUT2D eigenvalue weighted by Crippen LogP contribution is -2.10. The number of carbonyl (C=O) groups excluding carboxylic acids is 2. The first-order valence-corrected chi connectivity index (χ1v) is 6.45. The fraction of sp³-hybridized carbons (Fsp3) is 0.333. The first-order valence-electron chi connectivity index (χ1n) is 6.45. The molecule has 1 aliphatic rings. The number of fused-ring (bicyclic) bond motifs is 1. The van der Waals surface area contributed by atoms with Gasteiger partial charge >= 0.3 is 5.97 Å². The maximum Gasteiger partial charge on any atom is 0.307 e. The molecule has 21 heavy (non-hydrogen) atoms. The van der Waals surface area contributed by atoms with Crippen LogP contribution in [-0.4, -0.2) is 22.6 Å². The number of aliphatic imine (C=N–C) groups is 1. The zero-order chi connectivity index (χ0) is 15.7. The summed E-state index contributed by atoms with van der Waals surface area (Å²) in [4.78, 5) is 30.8. The SMILES string of the molecule is CC(=O)N=C1/C(=C(\C)OC(C)=O)Oc2nc(C)cc(C)c21. The lowest BCUT2D eigenvalue weighted by Gasteiger charge is -2.05. The van der Waals surface area contributed by atoms with E-state index in [1.165, 1.54) is 13.8 Å². The van der Waals surface area contributed by atoms with Crippen LogP contribution in [0.3, 0.4) is 0 Å². The number of esters is 1. The highest BCUT2D eigenvalue weighted by Crippen LogP contribution is 2.34. The molecule has 1 aromatic heterocycles. The molecule has 0 unspecified atom stereocenters. The minimum absolute atomic E-state index is 0.247. The highest BCUT2D eigenvalue weighted by molar-refractivity contribution is 6.19. The second-order valence-corrected chi connectivity index (χ2v) is 4.82. The zero-order valence-corrected chi connectivity index (χ0v) is 12.6. The van der Waals surface area contributed by atoms with E-state index in [-0.39, 0.29) is 17.4 Å². The molecule has 0 saturated carbocycles. The van der Waals surface area contributed by atoms with E-state index in [4.69, 9.17) is 9.47 Å². The number of hydrogen-bond donors (Lipinski definition) is 0. The van der Waals surface area contributed by atoms with Crippen LogP contribution < -0.4 is 4.74 Å². The van der Waals surface area contributed by atoms with Crippen LogP contribution in [0.25, 0.3) is 0 Å². The molecule has 0 N–H and O–H groups in total. The first kappa shape index (κ1) is 14.9. The van der Waals surface area contributed by atoms with Gasteiger partial charge in [0.1, 0.15) is 11.5 Å². The summed E-state index contributed by atoms with van der Waals surface area (Å²) < 4.78 is 10.7. The summed E-state index contributed by atoms with van der Waals surface area (Å²) in [7, 11) is 0. The molecule has 2 heterocycles. The maximum atomic E-state index is 11.4. The third-order valence-corrected chi connectivity index (χ3v) is 2.85. The standard InChI is InChI=1S/C15H16N2O4/c1-7-6-8(2)16-15-12(7)13(17-10(4)18)14(21-15)9(3)20-11(5)19/h6H,1-5H3/b14-9-,17-13?. The van der Waals surface area contributed by atoms with Crippen molar-refractivity contribution < 1.29 is 19.1 Å². The van der Waals surface area contributed by atoms with Crippen molar-refractivity contribution in [2.45, 2.75) is 34.6 Å². The Bertz CT molecular complexity index is 702. The molecule has 110 valence electrons. The molecular formula is C15H16N2O4. The van der Waals surface area contributed by atoms with Crippen molar-refractivity contribution in [1.29, 1.82) is 0 Å². The molecule has 0 spiro atoms. The summed E-state index contributed by atoms with van der Waals surface area (Å²) in [6, 6.07) is 1.88. The van der Waals surface area contributed by atoms with Crippen molar-refractivity contribution in [2.75, 3.05) is 0 Å². The second kappa shape index (κ2) is 5.47. The van der Waals surface area contributed by atoms with E-state index < -0.39 is 5.97 Å². The molecule has 0 atom stereocenters. The molecule has 0 aromatic carbocycles. The molecule has 0 saturated heterocycles.